The number of benzene rings is 2. The number of ether oxygens (including phenoxy) is 1. The van der Waals surface area contributed by atoms with Crippen LogP contribution in [0, 0.1) is 13.8 Å². The molecule has 0 radical (unpaired) electrons. The van der Waals surface area contributed by atoms with Crippen molar-refractivity contribution in [2.24, 2.45) is 0 Å². The molecule has 0 saturated carbocycles. The van der Waals surface area contributed by atoms with Crippen LogP contribution in [0.15, 0.2) is 67.3 Å². The number of Topliss-reactive ketones (excluding diaryl/α,β-unsaturated/α-hetero) is 1. The molecule has 1 aliphatic rings. The summed E-state index contributed by atoms with van der Waals surface area (Å²) >= 11 is 0. The van der Waals surface area contributed by atoms with Gasteiger partial charge in [-0.15, -0.1) is 6.58 Å². The lowest BCUT2D eigenvalue weighted by Gasteiger charge is -2.12. The highest BCUT2D eigenvalue weighted by Crippen LogP contribution is 2.38. The highest BCUT2D eigenvalue weighted by Gasteiger charge is 2.28. The first-order chi connectivity index (χ1) is 17.9. The quantitative estimate of drug-likeness (QED) is 0.192. The number of ketones is 1. The number of fused-ring (bicyclic) bond motifs is 2. The van der Waals surface area contributed by atoms with Gasteiger partial charge in [0.1, 0.15) is 5.75 Å². The first-order valence-electron chi connectivity index (χ1n) is 12.3. The molecule has 37 heavy (non-hydrogen) atoms. The van der Waals surface area contributed by atoms with Gasteiger partial charge in [-0.2, -0.15) is 0 Å². The molecule has 0 unspecified atom stereocenters. The molecule has 0 fully saturated rings. The Balaban J connectivity index is 1.46. The Kier molecular flexibility index (Phi) is 6.49. The SMILES string of the molecule is C=CCn1c(C)cc(C(=O)COC(=O)c2c3c(nc4ccccc24)C(=Cc2ccc(O)cc2)CC3)c1C. The number of rotatable bonds is 7. The van der Waals surface area contributed by atoms with Crippen LogP contribution in [0.25, 0.3) is 22.6 Å². The first-order valence-corrected chi connectivity index (χ1v) is 12.3. The van der Waals surface area contributed by atoms with Gasteiger partial charge in [0.25, 0.3) is 0 Å². The summed E-state index contributed by atoms with van der Waals surface area (Å²) in [6.07, 6.45) is 5.20. The van der Waals surface area contributed by atoms with Gasteiger partial charge in [-0.3, -0.25) is 4.79 Å². The smallest absolute Gasteiger partial charge is 0.339 e. The van der Waals surface area contributed by atoms with Crippen LogP contribution in [-0.2, 0) is 17.7 Å². The number of aromatic nitrogens is 2. The second-order valence-electron chi connectivity index (χ2n) is 9.28. The van der Waals surface area contributed by atoms with Gasteiger partial charge in [0.15, 0.2) is 6.61 Å². The van der Waals surface area contributed by atoms with E-state index in [2.05, 4.69) is 6.58 Å². The van der Waals surface area contributed by atoms with E-state index in [9.17, 15) is 14.7 Å². The third-order valence-electron chi connectivity index (χ3n) is 6.90. The van der Waals surface area contributed by atoms with Gasteiger partial charge in [-0.25, -0.2) is 9.78 Å². The van der Waals surface area contributed by atoms with Crippen LogP contribution in [-0.4, -0.2) is 33.0 Å². The van der Waals surface area contributed by atoms with Crippen molar-refractivity contribution in [1.82, 2.24) is 9.55 Å². The first kappa shape index (κ1) is 24.3. The fraction of sp³-hybridized carbons (Fsp3) is 0.194. The number of pyridine rings is 1. The minimum Gasteiger partial charge on any atom is -0.508 e. The summed E-state index contributed by atoms with van der Waals surface area (Å²) < 4.78 is 7.62. The molecule has 6 nitrogen and oxygen atoms in total. The molecule has 6 heteroatoms. The lowest BCUT2D eigenvalue weighted by atomic mass is 10.0. The van der Waals surface area contributed by atoms with Crippen molar-refractivity contribution >= 4 is 34.3 Å². The monoisotopic (exact) mass is 492 g/mol. The molecule has 5 rings (SSSR count). The van der Waals surface area contributed by atoms with E-state index in [0.29, 0.717) is 35.0 Å². The summed E-state index contributed by atoms with van der Waals surface area (Å²) in [6.45, 7) is 7.88. The molecule has 1 N–H and O–H groups in total. The summed E-state index contributed by atoms with van der Waals surface area (Å²) in [5.74, 6) is -0.547. The Morgan fingerprint density at radius 1 is 1.11 bits per heavy atom. The number of carbonyl (C=O) groups is 2. The second-order valence-corrected chi connectivity index (χ2v) is 9.28. The standard InChI is InChI=1S/C31H28N2O4/c1-4-15-33-19(2)16-26(20(33)3)28(35)18-37-31(36)29-24-7-5-6-8-27(24)32-30-22(11-14-25(29)30)17-21-9-12-23(34)13-10-21/h4-10,12-13,16-17,34H,1,11,14-15,18H2,2-3H3. The molecule has 0 atom stereocenters. The molecular formula is C31H28N2O4. The normalized spacial score (nSPS) is 13.6. The average Bonchev–Trinajstić information content (AvgIpc) is 3.42. The lowest BCUT2D eigenvalue weighted by Crippen LogP contribution is -2.17. The van der Waals surface area contributed by atoms with E-state index < -0.39 is 5.97 Å². The molecule has 186 valence electrons. The third kappa shape index (κ3) is 4.58. The summed E-state index contributed by atoms with van der Waals surface area (Å²) in [5, 5.41) is 10.3. The van der Waals surface area contributed by atoms with Gasteiger partial charge in [0.05, 0.1) is 16.8 Å². The van der Waals surface area contributed by atoms with E-state index in [4.69, 9.17) is 9.72 Å². The zero-order valence-corrected chi connectivity index (χ0v) is 21.0. The largest absolute Gasteiger partial charge is 0.508 e. The van der Waals surface area contributed by atoms with Gasteiger partial charge in [0.2, 0.25) is 5.78 Å². The average molecular weight is 493 g/mol. The molecule has 4 aromatic rings. The Bertz CT molecular complexity index is 1580. The molecule has 1 aliphatic carbocycles. The minimum atomic E-state index is -0.519. The minimum absolute atomic E-state index is 0.209. The maximum absolute atomic E-state index is 13.4. The molecule has 2 heterocycles. The van der Waals surface area contributed by atoms with Gasteiger partial charge in [-0.05, 0) is 73.7 Å². The van der Waals surface area contributed by atoms with Gasteiger partial charge < -0.3 is 14.4 Å². The van der Waals surface area contributed by atoms with Crippen LogP contribution in [0.5, 0.6) is 5.75 Å². The van der Waals surface area contributed by atoms with Crippen molar-refractivity contribution in [2.75, 3.05) is 6.61 Å². The highest BCUT2D eigenvalue weighted by atomic mass is 16.5. The van der Waals surface area contributed by atoms with Crippen LogP contribution in [0.3, 0.4) is 0 Å². The van der Waals surface area contributed by atoms with Gasteiger partial charge >= 0.3 is 5.97 Å². The number of nitrogens with zero attached hydrogens (tertiary/aromatic N) is 2. The maximum atomic E-state index is 13.4. The van der Waals surface area contributed by atoms with Gasteiger partial charge in [0, 0.05) is 28.9 Å². The molecule has 2 aromatic carbocycles. The third-order valence-corrected chi connectivity index (χ3v) is 6.90. The van der Waals surface area contributed by atoms with Crippen LogP contribution >= 0.6 is 0 Å². The van der Waals surface area contributed by atoms with Crippen molar-refractivity contribution in [3.63, 3.8) is 0 Å². The van der Waals surface area contributed by atoms with E-state index in [1.165, 1.54) is 0 Å². The van der Waals surface area contributed by atoms with Crippen molar-refractivity contribution in [3.8, 4) is 5.75 Å². The van der Waals surface area contributed by atoms with Crippen molar-refractivity contribution in [3.05, 3.63) is 107 Å². The van der Waals surface area contributed by atoms with E-state index in [0.717, 1.165) is 40.2 Å². The second kappa shape index (κ2) is 9.90. The van der Waals surface area contributed by atoms with E-state index in [-0.39, 0.29) is 18.1 Å². The van der Waals surface area contributed by atoms with Crippen molar-refractivity contribution in [2.45, 2.75) is 33.2 Å². The number of phenolic OH excluding ortho intramolecular Hbond substituents is 1. The topological polar surface area (TPSA) is 81.4 Å². The Morgan fingerprint density at radius 3 is 2.62 bits per heavy atom. The molecule has 0 aliphatic heterocycles. The molecule has 0 saturated heterocycles. The zero-order valence-electron chi connectivity index (χ0n) is 21.0. The molecule has 0 amide bonds. The Labute approximate surface area is 215 Å². The van der Waals surface area contributed by atoms with E-state index in [1.54, 1.807) is 18.2 Å². The lowest BCUT2D eigenvalue weighted by molar-refractivity contribution is 0.0475. The molecule has 0 bridgehead atoms. The number of carbonyl (C=O) groups excluding carboxylic acids is 2. The highest BCUT2D eigenvalue weighted by molar-refractivity contribution is 6.08. The van der Waals surface area contributed by atoms with Crippen LogP contribution < -0.4 is 0 Å². The number of aromatic hydroxyl groups is 1. The number of allylic oxidation sites excluding steroid dienone is 2. The van der Waals surface area contributed by atoms with E-state index >= 15 is 0 Å². The number of hydrogen-bond acceptors (Lipinski definition) is 5. The summed E-state index contributed by atoms with van der Waals surface area (Å²) in [7, 11) is 0. The summed E-state index contributed by atoms with van der Waals surface area (Å²) in [6, 6.07) is 16.3. The van der Waals surface area contributed by atoms with Gasteiger partial charge in [-0.1, -0.05) is 36.4 Å². The van der Waals surface area contributed by atoms with Crippen molar-refractivity contribution < 1.29 is 19.4 Å². The summed E-state index contributed by atoms with van der Waals surface area (Å²) in [5.41, 5.74) is 7.09. The maximum Gasteiger partial charge on any atom is 0.339 e. The Hall–Kier alpha value is -4.45. The molecule has 2 aromatic heterocycles. The fourth-order valence-electron chi connectivity index (χ4n) is 5.06. The number of para-hydroxylation sites is 1. The molecular weight excluding hydrogens is 464 g/mol. The zero-order chi connectivity index (χ0) is 26.1. The number of esters is 1. The molecule has 0 spiro atoms. The predicted octanol–water partition coefficient (Wildman–Crippen LogP) is 6.07. The number of phenols is 1. The summed E-state index contributed by atoms with van der Waals surface area (Å²) in [4.78, 5) is 31.3. The Morgan fingerprint density at radius 2 is 1.86 bits per heavy atom. The van der Waals surface area contributed by atoms with Crippen molar-refractivity contribution in [1.29, 1.82) is 0 Å². The number of aryl methyl sites for hydroxylation is 1. The fourth-order valence-corrected chi connectivity index (χ4v) is 5.06. The van der Waals surface area contributed by atoms with Crippen LogP contribution in [0.1, 0.15) is 55.3 Å². The van der Waals surface area contributed by atoms with Crippen LogP contribution in [0.4, 0.5) is 0 Å². The van der Waals surface area contributed by atoms with Crippen LogP contribution in [0.2, 0.25) is 0 Å². The van der Waals surface area contributed by atoms with E-state index in [1.807, 2.05) is 67.0 Å². The number of hydrogen-bond donors (Lipinski definition) is 1. The predicted molar refractivity (Wildman–Crippen MR) is 145 cm³/mol.